The minimum absolute atomic E-state index is 0.0103. The summed E-state index contributed by atoms with van der Waals surface area (Å²) < 4.78 is 29.8. The van der Waals surface area contributed by atoms with Gasteiger partial charge in [-0.3, -0.25) is 4.79 Å². The van der Waals surface area contributed by atoms with E-state index in [9.17, 15) is 14.0 Å². The van der Waals surface area contributed by atoms with E-state index in [0.29, 0.717) is 42.0 Å². The van der Waals surface area contributed by atoms with Gasteiger partial charge in [-0.1, -0.05) is 6.07 Å². The van der Waals surface area contributed by atoms with Crippen molar-refractivity contribution < 1.29 is 27.9 Å². The summed E-state index contributed by atoms with van der Waals surface area (Å²) in [6.07, 6.45) is 1.31. The molecule has 12 heteroatoms. The van der Waals surface area contributed by atoms with Crippen molar-refractivity contribution in [3.63, 3.8) is 0 Å². The number of methoxy groups -OCH3 is 1. The highest BCUT2D eigenvalue weighted by molar-refractivity contribution is 5.93. The van der Waals surface area contributed by atoms with Gasteiger partial charge in [0.2, 0.25) is 11.7 Å². The second-order valence-electron chi connectivity index (χ2n) is 8.38. The number of nitrogens with zero attached hydrogens (tertiary/aromatic N) is 3. The third-order valence-electron chi connectivity index (χ3n) is 5.85. The largest absolute Gasteiger partial charge is 0.466 e. The predicted octanol–water partition coefficient (Wildman–Crippen LogP) is 4.41. The summed E-state index contributed by atoms with van der Waals surface area (Å²) in [4.78, 5) is 31.8. The van der Waals surface area contributed by atoms with Gasteiger partial charge in [-0.05, 0) is 48.9 Å². The van der Waals surface area contributed by atoms with E-state index in [-0.39, 0.29) is 29.9 Å². The Morgan fingerprint density at radius 3 is 2.79 bits per heavy atom. The fourth-order valence-electron chi connectivity index (χ4n) is 4.05. The van der Waals surface area contributed by atoms with Gasteiger partial charge in [-0.15, -0.1) is 0 Å². The Bertz CT molecular complexity index is 1510. The summed E-state index contributed by atoms with van der Waals surface area (Å²) in [5, 5.41) is 8.60. The molecule has 11 nitrogen and oxygen atoms in total. The summed E-state index contributed by atoms with van der Waals surface area (Å²) in [7, 11) is 1.28. The lowest BCUT2D eigenvalue weighted by molar-refractivity contribution is -0.142. The molecule has 38 heavy (non-hydrogen) atoms. The Labute approximate surface area is 216 Å². The maximum atomic E-state index is 14.6. The number of carbonyl (C=O) groups is 2. The third-order valence-corrected chi connectivity index (χ3v) is 5.85. The van der Waals surface area contributed by atoms with Crippen molar-refractivity contribution in [3.05, 3.63) is 65.8 Å². The molecular formula is C26H25FN6O5. The van der Waals surface area contributed by atoms with Gasteiger partial charge < -0.3 is 29.5 Å². The fraction of sp³-hybridized carbons (Fsp3) is 0.231. The van der Waals surface area contributed by atoms with E-state index in [4.69, 9.17) is 13.9 Å². The zero-order valence-electron chi connectivity index (χ0n) is 20.7. The molecular weight excluding hydrogens is 495 g/mol. The van der Waals surface area contributed by atoms with Crippen LogP contribution in [0.2, 0.25) is 0 Å². The number of furan rings is 1. The highest BCUT2D eigenvalue weighted by Crippen LogP contribution is 2.31. The number of anilines is 5. The smallest absolute Gasteiger partial charge is 0.373 e. The number of hydrazine groups is 1. The van der Waals surface area contributed by atoms with E-state index < -0.39 is 11.8 Å². The summed E-state index contributed by atoms with van der Waals surface area (Å²) >= 11 is 0. The summed E-state index contributed by atoms with van der Waals surface area (Å²) in [6.45, 7) is 3.17. The number of benzene rings is 2. The number of hydrogen-bond donors (Lipinski definition) is 3. The number of aromatic nitrogens is 2. The van der Waals surface area contributed by atoms with Crippen molar-refractivity contribution in [2.45, 2.75) is 19.9 Å². The quantitative estimate of drug-likeness (QED) is 0.271. The molecule has 1 aliphatic rings. The molecule has 0 spiro atoms. The predicted molar refractivity (Wildman–Crippen MR) is 138 cm³/mol. The second-order valence-corrected chi connectivity index (χ2v) is 8.38. The number of carbonyl (C=O) groups excluding carboxylic acids is 2. The molecule has 0 amide bonds. The van der Waals surface area contributed by atoms with Gasteiger partial charge >= 0.3 is 11.9 Å². The van der Waals surface area contributed by atoms with Crippen LogP contribution in [-0.4, -0.2) is 42.2 Å². The molecule has 3 heterocycles. The minimum Gasteiger partial charge on any atom is -0.466 e. The molecule has 2 aromatic carbocycles. The maximum Gasteiger partial charge on any atom is 0.373 e. The van der Waals surface area contributed by atoms with Crippen molar-refractivity contribution in [1.82, 2.24) is 15.4 Å². The first kappa shape index (κ1) is 25.0. The van der Waals surface area contributed by atoms with E-state index in [2.05, 4.69) is 26.0 Å². The maximum absolute atomic E-state index is 14.6. The highest BCUT2D eigenvalue weighted by atomic mass is 19.1. The van der Waals surface area contributed by atoms with Crippen LogP contribution in [0.25, 0.3) is 11.0 Å². The Morgan fingerprint density at radius 1 is 1.16 bits per heavy atom. The molecule has 0 unspecified atom stereocenters. The van der Waals surface area contributed by atoms with Gasteiger partial charge in [0.25, 0.3) is 0 Å². The summed E-state index contributed by atoms with van der Waals surface area (Å²) in [6, 6.07) is 12.4. The molecule has 4 aromatic rings. The Kier molecular flexibility index (Phi) is 7.05. The van der Waals surface area contributed by atoms with Crippen molar-refractivity contribution >= 4 is 51.7 Å². The lowest BCUT2D eigenvalue weighted by Gasteiger charge is -2.19. The van der Waals surface area contributed by atoms with E-state index in [1.165, 1.54) is 7.11 Å². The van der Waals surface area contributed by atoms with Crippen LogP contribution in [0.4, 0.5) is 33.2 Å². The topological polar surface area (TPSA) is 131 Å². The molecule has 0 saturated carbocycles. The van der Waals surface area contributed by atoms with Gasteiger partial charge in [0.1, 0.15) is 5.58 Å². The van der Waals surface area contributed by atoms with Gasteiger partial charge in [0.15, 0.2) is 11.6 Å². The van der Waals surface area contributed by atoms with E-state index in [1.54, 1.807) is 31.2 Å². The van der Waals surface area contributed by atoms with Crippen molar-refractivity contribution in [2.75, 3.05) is 35.9 Å². The highest BCUT2D eigenvalue weighted by Gasteiger charge is 2.20. The van der Waals surface area contributed by atoms with E-state index >= 15 is 0 Å². The molecule has 0 fully saturated rings. The first-order valence-electron chi connectivity index (χ1n) is 11.9. The van der Waals surface area contributed by atoms with Gasteiger partial charge in [-0.2, -0.15) is 4.98 Å². The van der Waals surface area contributed by atoms with Crippen LogP contribution in [-0.2, 0) is 20.8 Å². The van der Waals surface area contributed by atoms with Crippen LogP contribution in [0.5, 0.6) is 0 Å². The SMILES string of the molecule is CCOC(=O)CCN1NCc2ccc(Nc3nc(Nc4ccc5oc(C(=O)OC)cc5c4)ncc3F)cc21. The number of halogens is 1. The number of fused-ring (bicyclic) bond motifs is 2. The molecule has 0 aliphatic carbocycles. The van der Waals surface area contributed by atoms with Crippen LogP contribution < -0.4 is 21.1 Å². The number of ether oxygens (including phenoxy) is 2. The van der Waals surface area contributed by atoms with Crippen LogP contribution >= 0.6 is 0 Å². The average molecular weight is 521 g/mol. The monoisotopic (exact) mass is 520 g/mol. The number of hydrogen-bond acceptors (Lipinski definition) is 11. The molecule has 1 aliphatic heterocycles. The number of nitrogens with one attached hydrogen (secondary N) is 3. The van der Waals surface area contributed by atoms with Gasteiger partial charge in [0, 0.05) is 29.9 Å². The summed E-state index contributed by atoms with van der Waals surface area (Å²) in [5.74, 6) is -1.21. The van der Waals surface area contributed by atoms with Crippen molar-refractivity contribution in [1.29, 1.82) is 0 Å². The average Bonchev–Trinajstić information content (AvgIpc) is 3.52. The van der Waals surface area contributed by atoms with Crippen LogP contribution in [0.3, 0.4) is 0 Å². The molecule has 196 valence electrons. The number of rotatable bonds is 9. The first-order valence-corrected chi connectivity index (χ1v) is 11.9. The Balaban J connectivity index is 1.31. The minimum atomic E-state index is -0.624. The van der Waals surface area contributed by atoms with Gasteiger partial charge in [0.05, 0.1) is 32.0 Å². The van der Waals surface area contributed by atoms with E-state index in [1.807, 2.05) is 23.2 Å². The third kappa shape index (κ3) is 5.34. The van der Waals surface area contributed by atoms with Crippen molar-refractivity contribution in [3.8, 4) is 0 Å². The van der Waals surface area contributed by atoms with E-state index in [0.717, 1.165) is 17.4 Å². The molecule has 3 N–H and O–H groups in total. The second kappa shape index (κ2) is 10.7. The molecule has 0 atom stereocenters. The molecule has 0 bridgehead atoms. The standard InChI is InChI=1S/C26H25FN6O5/c1-3-37-23(34)8-9-33-20-12-18(5-4-15(20)13-29-33)30-24-19(27)14-28-26(32-24)31-17-6-7-21-16(10-17)11-22(38-21)25(35)36-2/h4-7,10-12,14,29H,3,8-9,13H2,1-2H3,(H2,28,30,31,32). The van der Waals surface area contributed by atoms with Crippen molar-refractivity contribution in [2.24, 2.45) is 0 Å². The van der Waals surface area contributed by atoms with Gasteiger partial charge in [-0.25, -0.2) is 19.6 Å². The molecule has 0 radical (unpaired) electrons. The Hall–Kier alpha value is -4.71. The van der Waals surface area contributed by atoms with Crippen LogP contribution in [0, 0.1) is 5.82 Å². The summed E-state index contributed by atoms with van der Waals surface area (Å²) in [5.41, 5.74) is 6.92. The lowest BCUT2D eigenvalue weighted by atomic mass is 10.1. The zero-order chi connectivity index (χ0) is 26.6. The molecule has 5 rings (SSSR count). The normalized spacial score (nSPS) is 12.3. The van der Waals surface area contributed by atoms with Crippen LogP contribution in [0.15, 0.2) is 53.1 Å². The zero-order valence-corrected chi connectivity index (χ0v) is 20.7. The Morgan fingerprint density at radius 2 is 1.97 bits per heavy atom. The van der Waals surface area contributed by atoms with Crippen LogP contribution in [0.1, 0.15) is 29.5 Å². The number of esters is 2. The lowest BCUT2D eigenvalue weighted by Crippen LogP contribution is -2.34. The first-order chi connectivity index (χ1) is 18.4. The molecule has 2 aromatic heterocycles. The fourth-order valence-corrected chi connectivity index (χ4v) is 4.05. The molecule has 0 saturated heterocycles.